The van der Waals surface area contributed by atoms with Crippen LogP contribution in [0.3, 0.4) is 0 Å². The first-order valence-electron chi connectivity index (χ1n) is 18.3. The van der Waals surface area contributed by atoms with Crippen LogP contribution in [0.4, 0.5) is 4.79 Å². The smallest absolute Gasteiger partial charge is 0.407 e. The summed E-state index contributed by atoms with van der Waals surface area (Å²) in [6, 6.07) is 0. The molecule has 8 heteroatoms. The summed E-state index contributed by atoms with van der Waals surface area (Å²) < 4.78 is 16.9. The number of carbonyl (C=O) groups is 1. The number of ether oxygens (including phenoxy) is 3. The average Bonchev–Trinajstić information content (AvgIpc) is 3.35. The number of carbonyl (C=O) groups excluding carboxylic acids is 1. The lowest BCUT2D eigenvalue weighted by atomic mass is 9.47. The Morgan fingerprint density at radius 2 is 1.78 bits per heavy atom. The molecule has 1 aliphatic heterocycles. The van der Waals surface area contributed by atoms with Crippen LogP contribution in [-0.2, 0) is 14.2 Å². The second-order valence-corrected chi connectivity index (χ2v) is 16.4. The van der Waals surface area contributed by atoms with Crippen molar-refractivity contribution in [2.24, 2.45) is 46.3 Å². The lowest BCUT2D eigenvalue weighted by molar-refractivity contribution is -0.293. The van der Waals surface area contributed by atoms with E-state index >= 15 is 0 Å². The van der Waals surface area contributed by atoms with Crippen molar-refractivity contribution in [3.05, 3.63) is 11.6 Å². The number of allylic oxidation sites excluding steroid dienone is 1. The molecule has 5 aliphatic rings. The van der Waals surface area contributed by atoms with Gasteiger partial charge in [-0.05, 0) is 105 Å². The molecule has 1 amide bonds. The molecule has 4 aliphatic carbocycles. The Bertz CT molecular complexity index is 1030. The van der Waals surface area contributed by atoms with Crippen molar-refractivity contribution in [2.45, 2.75) is 155 Å². The van der Waals surface area contributed by atoms with Crippen molar-refractivity contribution in [1.82, 2.24) is 5.32 Å². The number of aliphatic hydroxyl groups excluding tert-OH is 3. The summed E-state index contributed by atoms with van der Waals surface area (Å²) in [5, 5.41) is 32.7. The quantitative estimate of drug-likeness (QED) is 0.155. The van der Waals surface area contributed by atoms with E-state index in [1.807, 2.05) is 0 Å². The van der Waals surface area contributed by atoms with Gasteiger partial charge in [-0.15, -0.1) is 0 Å². The molecule has 0 radical (unpaired) electrons. The number of amides is 1. The van der Waals surface area contributed by atoms with Crippen molar-refractivity contribution >= 4 is 6.09 Å². The van der Waals surface area contributed by atoms with Gasteiger partial charge in [-0.3, -0.25) is 0 Å². The van der Waals surface area contributed by atoms with E-state index in [-0.39, 0.29) is 18.1 Å². The second-order valence-electron chi connectivity index (χ2n) is 16.4. The molecule has 1 heterocycles. The first-order chi connectivity index (χ1) is 21.3. The zero-order valence-electron chi connectivity index (χ0n) is 28.9. The highest BCUT2D eigenvalue weighted by Crippen LogP contribution is 2.67. The van der Waals surface area contributed by atoms with Crippen LogP contribution in [0.1, 0.15) is 119 Å². The number of aliphatic hydroxyl groups is 3. The van der Waals surface area contributed by atoms with E-state index < -0.39 is 36.8 Å². The fourth-order valence-electron chi connectivity index (χ4n) is 10.6. The van der Waals surface area contributed by atoms with Gasteiger partial charge in [-0.25, -0.2) is 4.79 Å². The molecule has 45 heavy (non-hydrogen) atoms. The van der Waals surface area contributed by atoms with Crippen LogP contribution in [0.25, 0.3) is 0 Å². The molecule has 10 unspecified atom stereocenters. The maximum absolute atomic E-state index is 12.6. The van der Waals surface area contributed by atoms with Crippen LogP contribution >= 0.6 is 0 Å². The summed E-state index contributed by atoms with van der Waals surface area (Å²) >= 11 is 0. The number of alkyl carbamates (subject to hydrolysis) is 1. The van der Waals surface area contributed by atoms with Crippen molar-refractivity contribution in [3.63, 3.8) is 0 Å². The normalized spacial score (nSPS) is 43.6. The third kappa shape index (κ3) is 7.30. The van der Waals surface area contributed by atoms with E-state index in [0.29, 0.717) is 18.4 Å². The standard InChI is InChI=1S/C37H63NO7/c1-22(2)9-7-10-23(3)28-13-14-29-27-12-11-25-21-26(15-17-36(25,5)30(27)16-18-37(28,29)6)45-35(42)38-19-8-20-43-34-33(41)32(40)31(39)24(4)44-34/h11,22-24,26-34,39-41H,7-10,12-21H2,1-6H3,(H,38,42)/t23?,24?,26?,27?,28?,29?,30?,31-,32?,33?,34?,36-,37+/m0/s1. The number of hydrogen-bond donors (Lipinski definition) is 4. The number of nitrogens with one attached hydrogen (secondary N) is 1. The Balaban J connectivity index is 1.07. The van der Waals surface area contributed by atoms with Crippen LogP contribution in [0.5, 0.6) is 0 Å². The van der Waals surface area contributed by atoms with Crippen molar-refractivity contribution < 1.29 is 34.3 Å². The van der Waals surface area contributed by atoms with E-state index in [9.17, 15) is 20.1 Å². The van der Waals surface area contributed by atoms with Crippen molar-refractivity contribution in [1.29, 1.82) is 0 Å². The highest BCUT2D eigenvalue weighted by atomic mass is 16.7. The maximum Gasteiger partial charge on any atom is 0.407 e. The first kappa shape index (κ1) is 35.1. The summed E-state index contributed by atoms with van der Waals surface area (Å²) in [5.74, 6) is 4.91. The molecule has 13 atom stereocenters. The molecule has 3 saturated carbocycles. The minimum atomic E-state index is -1.32. The molecule has 1 saturated heterocycles. The van der Waals surface area contributed by atoms with Gasteiger partial charge in [0.2, 0.25) is 0 Å². The molecule has 5 rings (SSSR count). The Morgan fingerprint density at radius 3 is 2.53 bits per heavy atom. The maximum atomic E-state index is 12.6. The minimum Gasteiger partial charge on any atom is -0.446 e. The summed E-state index contributed by atoms with van der Waals surface area (Å²) in [5.41, 5.74) is 2.25. The van der Waals surface area contributed by atoms with Crippen molar-refractivity contribution in [2.75, 3.05) is 13.2 Å². The summed E-state index contributed by atoms with van der Waals surface area (Å²) in [4.78, 5) is 12.6. The van der Waals surface area contributed by atoms with Gasteiger partial charge in [-0.1, -0.05) is 65.5 Å². The first-order valence-corrected chi connectivity index (χ1v) is 18.3. The monoisotopic (exact) mass is 633 g/mol. The second kappa shape index (κ2) is 14.5. The highest BCUT2D eigenvalue weighted by Gasteiger charge is 2.59. The fourth-order valence-corrected chi connectivity index (χ4v) is 10.6. The predicted octanol–water partition coefficient (Wildman–Crippen LogP) is 6.36. The number of fused-ring (bicyclic) bond motifs is 5. The molecule has 0 aromatic rings. The SMILES string of the molecule is CC(C)CCCC(C)C1CCC2C3CC=C4CC(OC(=O)NCCCOC5OC(C)[C@H](O)C(O)C5O)CC[C@]4(C)C3CC[C@]12C. The minimum absolute atomic E-state index is 0.0891. The Labute approximate surface area is 272 Å². The molecule has 4 fully saturated rings. The van der Waals surface area contributed by atoms with Gasteiger partial charge >= 0.3 is 6.09 Å². The summed E-state index contributed by atoms with van der Waals surface area (Å²) in [6.07, 6.45) is 10.8. The topological polar surface area (TPSA) is 117 Å². The Morgan fingerprint density at radius 1 is 1.00 bits per heavy atom. The molecule has 4 N–H and O–H groups in total. The lowest BCUT2D eigenvalue weighted by Crippen LogP contribution is -2.57. The Kier molecular flexibility index (Phi) is 11.3. The average molecular weight is 634 g/mol. The van der Waals surface area contributed by atoms with E-state index in [0.717, 1.165) is 54.8 Å². The van der Waals surface area contributed by atoms with E-state index in [4.69, 9.17) is 14.2 Å². The Hall–Kier alpha value is -1.19. The molecule has 258 valence electrons. The molecule has 8 nitrogen and oxygen atoms in total. The zero-order valence-corrected chi connectivity index (χ0v) is 28.9. The van der Waals surface area contributed by atoms with Gasteiger partial charge in [0, 0.05) is 13.0 Å². The summed E-state index contributed by atoms with van der Waals surface area (Å²) in [6.45, 7) is 14.6. The largest absolute Gasteiger partial charge is 0.446 e. The molecule has 0 aromatic heterocycles. The molecule has 0 bridgehead atoms. The highest BCUT2D eigenvalue weighted by molar-refractivity contribution is 5.67. The fraction of sp³-hybridized carbons (Fsp3) is 0.919. The van der Waals surface area contributed by atoms with Gasteiger partial charge < -0.3 is 34.8 Å². The third-order valence-corrected chi connectivity index (χ3v) is 13.2. The predicted molar refractivity (Wildman–Crippen MR) is 174 cm³/mol. The van der Waals surface area contributed by atoms with E-state index in [1.165, 1.54) is 56.9 Å². The van der Waals surface area contributed by atoms with E-state index in [1.54, 1.807) is 6.92 Å². The lowest BCUT2D eigenvalue weighted by Gasteiger charge is -2.58. The van der Waals surface area contributed by atoms with Crippen LogP contribution in [0.15, 0.2) is 11.6 Å². The van der Waals surface area contributed by atoms with Crippen LogP contribution in [-0.4, -0.2) is 71.4 Å². The van der Waals surface area contributed by atoms with Crippen LogP contribution < -0.4 is 5.32 Å². The number of hydrogen-bond acceptors (Lipinski definition) is 7. The van der Waals surface area contributed by atoms with Crippen LogP contribution in [0.2, 0.25) is 0 Å². The van der Waals surface area contributed by atoms with Gasteiger partial charge in [0.1, 0.15) is 24.4 Å². The van der Waals surface area contributed by atoms with Gasteiger partial charge in [0.05, 0.1) is 12.7 Å². The van der Waals surface area contributed by atoms with Gasteiger partial charge in [0.15, 0.2) is 6.29 Å². The number of rotatable bonds is 11. The molecular weight excluding hydrogens is 570 g/mol. The van der Waals surface area contributed by atoms with Gasteiger partial charge in [0.25, 0.3) is 0 Å². The molecular formula is C37H63NO7. The van der Waals surface area contributed by atoms with Crippen LogP contribution in [0, 0.1) is 46.3 Å². The van der Waals surface area contributed by atoms with Gasteiger partial charge in [-0.2, -0.15) is 0 Å². The third-order valence-electron chi connectivity index (χ3n) is 13.2. The molecule has 0 aromatic carbocycles. The molecule has 0 spiro atoms. The van der Waals surface area contributed by atoms with E-state index in [2.05, 4.69) is 46.0 Å². The van der Waals surface area contributed by atoms with Crippen molar-refractivity contribution in [3.8, 4) is 0 Å². The summed E-state index contributed by atoms with van der Waals surface area (Å²) in [7, 11) is 0. The zero-order chi connectivity index (χ0) is 32.5.